The molecule has 0 N–H and O–H groups in total. The average molecular weight is 122 g/mol. The predicted molar refractivity (Wildman–Crippen MR) is 28.9 cm³/mol. The Morgan fingerprint density at radius 1 is 1.22 bits per heavy atom. The fourth-order valence-corrected chi connectivity index (χ4v) is 0.191. The van der Waals surface area contributed by atoms with Crippen molar-refractivity contribution in [3.63, 3.8) is 0 Å². The van der Waals surface area contributed by atoms with Gasteiger partial charge in [-0.05, 0) is 0 Å². The Hall–Kier alpha value is -1.72. The van der Waals surface area contributed by atoms with Crippen molar-refractivity contribution in [3.05, 3.63) is 18.1 Å². The summed E-state index contributed by atoms with van der Waals surface area (Å²) < 4.78 is 0. The molecule has 4 nitrogen and oxygen atoms in total. The summed E-state index contributed by atoms with van der Waals surface area (Å²) >= 11 is 0. The minimum absolute atomic E-state index is 0.208. The topological polar surface area (TPSA) is 58.9 Å². The summed E-state index contributed by atoms with van der Waals surface area (Å²) in [6, 6.07) is 0. The van der Waals surface area contributed by atoms with Crippen LogP contribution in [0.25, 0.3) is 0 Å². The lowest BCUT2D eigenvalue weighted by Crippen LogP contribution is -1.65. The summed E-state index contributed by atoms with van der Waals surface area (Å²) in [6.45, 7) is 3.09. The van der Waals surface area contributed by atoms with E-state index in [1.807, 2.05) is 0 Å². The summed E-state index contributed by atoms with van der Waals surface area (Å²) in [5.41, 5.74) is 2.11. The van der Waals surface area contributed by atoms with Crippen LogP contribution in [0.3, 0.4) is 0 Å². The van der Waals surface area contributed by atoms with Gasteiger partial charge in [0.25, 0.3) is 0 Å². The van der Waals surface area contributed by atoms with Crippen molar-refractivity contribution < 1.29 is 9.59 Å². The van der Waals surface area contributed by atoms with E-state index < -0.39 is 0 Å². The third kappa shape index (κ3) is 2.92. The maximum absolute atomic E-state index is 9.48. The smallest absolute Gasteiger partial charge is 0.211 e. The predicted octanol–water partition coefficient (Wildman–Crippen LogP) is 0.284. The third-order valence-electron chi connectivity index (χ3n) is 0.461. The second-order valence-corrected chi connectivity index (χ2v) is 0.907. The molecule has 0 atom stereocenters. The van der Waals surface area contributed by atoms with Crippen LogP contribution in [0.4, 0.5) is 0 Å². The molecule has 0 saturated carbocycles. The molecule has 0 rings (SSSR count). The first-order valence-corrected chi connectivity index (χ1v) is 1.91. The lowest BCUT2D eigenvalue weighted by atomic mass is 10.7. The minimum Gasteiger partial charge on any atom is -0.211 e. The molecule has 0 spiro atoms. The highest BCUT2D eigenvalue weighted by molar-refractivity contribution is 5.41. The zero-order valence-corrected chi connectivity index (χ0v) is 4.42. The van der Waals surface area contributed by atoms with E-state index in [2.05, 4.69) is 22.3 Å². The van der Waals surface area contributed by atoms with E-state index in [4.69, 9.17) is 0 Å². The van der Waals surface area contributed by atoms with Crippen LogP contribution in [-0.4, -0.2) is 12.2 Å². The quantitative estimate of drug-likeness (QED) is 0.300. The Bertz CT molecular complexity index is 218. The first kappa shape index (κ1) is 7.28. The standard InChI is InChI=1S/C5H2N2O2/c1-2-5(6-3-8)7-4-9/h1H2. The van der Waals surface area contributed by atoms with E-state index in [1.165, 1.54) is 12.2 Å². The molecule has 44 valence electrons. The second kappa shape index (κ2) is 4.44. The van der Waals surface area contributed by atoms with Gasteiger partial charge in [-0.1, -0.05) is 12.3 Å². The highest BCUT2D eigenvalue weighted by Crippen LogP contribution is 1.89. The van der Waals surface area contributed by atoms with Gasteiger partial charge in [0, 0.05) is 0 Å². The molecule has 0 aromatic heterocycles. The van der Waals surface area contributed by atoms with Gasteiger partial charge in [-0.2, -0.15) is 0 Å². The Kier molecular flexibility index (Phi) is 3.59. The van der Waals surface area contributed by atoms with Crippen molar-refractivity contribution in [2.24, 2.45) is 9.98 Å². The van der Waals surface area contributed by atoms with Gasteiger partial charge in [0.1, 0.15) is 0 Å². The summed E-state index contributed by atoms with van der Waals surface area (Å²) in [5, 5.41) is 0. The van der Waals surface area contributed by atoms with E-state index in [9.17, 15) is 9.59 Å². The largest absolute Gasteiger partial charge is 0.242 e. The van der Waals surface area contributed by atoms with E-state index in [0.717, 1.165) is 0 Å². The van der Waals surface area contributed by atoms with Crippen LogP contribution in [0.5, 0.6) is 0 Å². The monoisotopic (exact) mass is 122 g/mol. The molecule has 9 heavy (non-hydrogen) atoms. The molecule has 0 aliphatic rings. The molecule has 0 fully saturated rings. The van der Waals surface area contributed by atoms with Crippen molar-refractivity contribution in [1.29, 1.82) is 0 Å². The first-order valence-electron chi connectivity index (χ1n) is 1.91. The molecule has 0 aliphatic carbocycles. The van der Waals surface area contributed by atoms with Crippen LogP contribution in [0.2, 0.25) is 0 Å². The molecule has 0 radical (unpaired) electrons. The van der Waals surface area contributed by atoms with Gasteiger partial charge in [-0.25, -0.2) is 9.59 Å². The number of carbonyl (C=O) groups excluding carboxylic acids is 2. The molecule has 0 unspecified atom stereocenters. The van der Waals surface area contributed by atoms with Gasteiger partial charge in [-0.15, -0.1) is 9.98 Å². The highest BCUT2D eigenvalue weighted by Gasteiger charge is 1.81. The van der Waals surface area contributed by atoms with Crippen molar-refractivity contribution in [2.45, 2.75) is 0 Å². The van der Waals surface area contributed by atoms with E-state index in [1.54, 1.807) is 0 Å². The van der Waals surface area contributed by atoms with Crippen molar-refractivity contribution >= 4 is 12.2 Å². The van der Waals surface area contributed by atoms with Gasteiger partial charge in [-0.3, -0.25) is 0 Å². The Balaban J connectivity index is 4.57. The average Bonchev–Trinajstić information content (AvgIpc) is 1.88. The highest BCUT2D eigenvalue weighted by atomic mass is 16.1. The number of rotatable bonds is 2. The molecule has 0 aromatic carbocycles. The summed E-state index contributed by atoms with van der Waals surface area (Å²) in [6.07, 6.45) is 2.33. The fourth-order valence-electron chi connectivity index (χ4n) is 0.191. The maximum atomic E-state index is 9.48. The molecular weight excluding hydrogens is 120 g/mol. The third-order valence-corrected chi connectivity index (χ3v) is 0.461. The van der Waals surface area contributed by atoms with E-state index >= 15 is 0 Å². The minimum atomic E-state index is -0.208. The van der Waals surface area contributed by atoms with E-state index in [0.29, 0.717) is 0 Å². The lowest BCUT2D eigenvalue weighted by Gasteiger charge is -1.72. The molecule has 0 bridgehead atoms. The normalized spacial score (nSPS) is 5.78. The Labute approximate surface area is 50.9 Å². The van der Waals surface area contributed by atoms with Crippen molar-refractivity contribution in [2.75, 3.05) is 0 Å². The van der Waals surface area contributed by atoms with Gasteiger partial charge in [0.15, 0.2) is 0 Å². The summed E-state index contributed by atoms with van der Waals surface area (Å²) in [4.78, 5) is 24.8. The van der Waals surface area contributed by atoms with Crippen LogP contribution in [-0.2, 0) is 9.59 Å². The number of hydrogen-bond donors (Lipinski definition) is 0. The first-order chi connectivity index (χ1) is 4.35. The van der Waals surface area contributed by atoms with Crippen LogP contribution in [0.1, 0.15) is 0 Å². The Morgan fingerprint density at radius 2 is 1.67 bits per heavy atom. The van der Waals surface area contributed by atoms with Crippen molar-refractivity contribution in [3.8, 4) is 0 Å². The fraction of sp³-hybridized carbons (Fsp3) is 0. The van der Waals surface area contributed by atoms with Gasteiger partial charge < -0.3 is 0 Å². The lowest BCUT2D eigenvalue weighted by molar-refractivity contribution is 0.563. The van der Waals surface area contributed by atoms with Crippen LogP contribution in [0, 0.1) is 0 Å². The number of hydrogen-bond acceptors (Lipinski definition) is 4. The van der Waals surface area contributed by atoms with Crippen LogP contribution in [0.15, 0.2) is 28.1 Å². The van der Waals surface area contributed by atoms with Crippen LogP contribution >= 0.6 is 0 Å². The van der Waals surface area contributed by atoms with Gasteiger partial charge in [0.2, 0.25) is 18.0 Å². The zero-order valence-electron chi connectivity index (χ0n) is 4.42. The van der Waals surface area contributed by atoms with E-state index in [-0.39, 0.29) is 5.82 Å². The molecule has 0 aliphatic heterocycles. The molecular formula is C5H2N2O2. The Morgan fingerprint density at radius 3 is 1.89 bits per heavy atom. The number of nitrogens with zero attached hydrogens (tertiary/aromatic N) is 2. The van der Waals surface area contributed by atoms with Gasteiger partial charge >= 0.3 is 0 Å². The molecule has 0 heterocycles. The number of isocyanates is 2. The van der Waals surface area contributed by atoms with Crippen LogP contribution < -0.4 is 0 Å². The summed E-state index contributed by atoms with van der Waals surface area (Å²) in [5.74, 6) is -0.208. The molecule has 0 saturated heterocycles. The molecule has 0 aromatic rings. The SMILES string of the molecule is C=C=C(N=C=O)N=C=O. The molecule has 4 heteroatoms. The summed E-state index contributed by atoms with van der Waals surface area (Å²) in [7, 11) is 0. The van der Waals surface area contributed by atoms with Gasteiger partial charge in [0.05, 0.1) is 0 Å². The number of aliphatic imine (C=N–C) groups is 2. The maximum Gasteiger partial charge on any atom is 0.242 e. The zero-order chi connectivity index (χ0) is 7.11. The van der Waals surface area contributed by atoms with Crippen molar-refractivity contribution in [1.82, 2.24) is 0 Å². The second-order valence-electron chi connectivity index (χ2n) is 0.907. The molecule has 0 amide bonds.